The molecular formula is C13H16N2O4. The molecule has 1 saturated heterocycles. The summed E-state index contributed by atoms with van der Waals surface area (Å²) in [5, 5.41) is 21.4. The number of carbonyl (C=O) groups excluding carboxylic acids is 1. The van der Waals surface area contributed by atoms with E-state index in [0.29, 0.717) is 18.7 Å². The second-order valence-electron chi connectivity index (χ2n) is 4.57. The van der Waals surface area contributed by atoms with Crippen LogP contribution in [0.5, 0.6) is 0 Å². The molecule has 1 amide bonds. The third-order valence-electron chi connectivity index (χ3n) is 3.23. The van der Waals surface area contributed by atoms with Gasteiger partial charge in [0.2, 0.25) is 5.91 Å². The molecule has 2 unspecified atom stereocenters. The molecule has 1 aromatic rings. The van der Waals surface area contributed by atoms with Crippen LogP contribution in [0.2, 0.25) is 0 Å². The fourth-order valence-corrected chi connectivity index (χ4v) is 2.20. The molecule has 1 heterocycles. The molecule has 102 valence electrons. The standard InChI is InChI=1S/C13H16N2O4/c1-15(12(17)10-6-8(16)7-14-10)11-5-3-2-4-9(11)13(18)19/h2-5,8,10,14,16H,6-7H2,1H3,(H,18,19). The molecule has 19 heavy (non-hydrogen) atoms. The van der Waals surface area contributed by atoms with Crippen LogP contribution in [0.4, 0.5) is 5.69 Å². The summed E-state index contributed by atoms with van der Waals surface area (Å²) in [6, 6.07) is 5.87. The molecule has 3 N–H and O–H groups in total. The molecule has 6 nitrogen and oxygen atoms in total. The summed E-state index contributed by atoms with van der Waals surface area (Å²) in [7, 11) is 1.54. The molecule has 1 aliphatic rings. The van der Waals surface area contributed by atoms with Gasteiger partial charge in [0.15, 0.2) is 0 Å². The maximum absolute atomic E-state index is 12.2. The number of aromatic carboxylic acids is 1. The molecule has 1 aromatic carbocycles. The first-order valence-electron chi connectivity index (χ1n) is 6.02. The Balaban J connectivity index is 2.22. The largest absolute Gasteiger partial charge is 0.478 e. The Hall–Kier alpha value is -1.92. The number of aliphatic hydroxyl groups is 1. The molecule has 0 saturated carbocycles. The van der Waals surface area contributed by atoms with E-state index in [1.54, 1.807) is 18.2 Å². The smallest absolute Gasteiger partial charge is 0.337 e. The molecule has 6 heteroatoms. The number of carboxylic acids is 1. The average molecular weight is 264 g/mol. The van der Waals surface area contributed by atoms with Crippen molar-refractivity contribution in [1.82, 2.24) is 5.32 Å². The molecule has 0 spiro atoms. The van der Waals surface area contributed by atoms with Crippen LogP contribution < -0.4 is 10.2 Å². The number of benzene rings is 1. The second-order valence-corrected chi connectivity index (χ2v) is 4.57. The number of β-amino-alcohol motifs (C(OH)–C–C–N with tert-alkyl or cyclic N) is 1. The van der Waals surface area contributed by atoms with Crippen molar-refractivity contribution in [3.63, 3.8) is 0 Å². The van der Waals surface area contributed by atoms with Crippen molar-refractivity contribution in [3.8, 4) is 0 Å². The van der Waals surface area contributed by atoms with Crippen molar-refractivity contribution in [1.29, 1.82) is 0 Å². The zero-order valence-corrected chi connectivity index (χ0v) is 10.5. The van der Waals surface area contributed by atoms with Gasteiger partial charge in [-0.15, -0.1) is 0 Å². The normalized spacial score (nSPS) is 22.2. The highest BCUT2D eigenvalue weighted by molar-refractivity contribution is 6.03. The Morgan fingerprint density at radius 1 is 1.37 bits per heavy atom. The molecule has 1 fully saturated rings. The summed E-state index contributed by atoms with van der Waals surface area (Å²) in [6.45, 7) is 0.380. The SMILES string of the molecule is CN(C(=O)C1CC(O)CN1)c1ccccc1C(=O)O. The van der Waals surface area contributed by atoms with Gasteiger partial charge in [0, 0.05) is 13.6 Å². The van der Waals surface area contributed by atoms with E-state index in [4.69, 9.17) is 5.11 Å². The summed E-state index contributed by atoms with van der Waals surface area (Å²) < 4.78 is 0. The van der Waals surface area contributed by atoms with Gasteiger partial charge in [0.1, 0.15) is 0 Å². The summed E-state index contributed by atoms with van der Waals surface area (Å²) >= 11 is 0. The first-order chi connectivity index (χ1) is 9.00. The quantitative estimate of drug-likeness (QED) is 0.719. The van der Waals surface area contributed by atoms with E-state index in [-0.39, 0.29) is 11.5 Å². The molecule has 1 aliphatic heterocycles. The third-order valence-corrected chi connectivity index (χ3v) is 3.23. The Kier molecular flexibility index (Phi) is 3.82. The van der Waals surface area contributed by atoms with Crippen LogP contribution in [0.25, 0.3) is 0 Å². The fraction of sp³-hybridized carbons (Fsp3) is 0.385. The maximum Gasteiger partial charge on any atom is 0.337 e. The Labute approximate surface area is 110 Å². The van der Waals surface area contributed by atoms with Crippen LogP contribution in [0.15, 0.2) is 24.3 Å². The Bertz CT molecular complexity index is 503. The highest BCUT2D eigenvalue weighted by Crippen LogP contribution is 2.21. The molecule has 0 aliphatic carbocycles. The van der Waals surface area contributed by atoms with Gasteiger partial charge in [-0.3, -0.25) is 4.79 Å². The van der Waals surface area contributed by atoms with Crippen LogP contribution in [0, 0.1) is 0 Å². The predicted octanol–water partition coefficient (Wildman–Crippen LogP) is 0.0704. The average Bonchev–Trinajstić information content (AvgIpc) is 2.83. The number of aliphatic hydroxyl groups excluding tert-OH is 1. The summed E-state index contributed by atoms with van der Waals surface area (Å²) in [4.78, 5) is 24.7. The number of hydrogen-bond acceptors (Lipinski definition) is 4. The lowest BCUT2D eigenvalue weighted by molar-refractivity contribution is -0.120. The van der Waals surface area contributed by atoms with Crippen molar-refractivity contribution in [2.45, 2.75) is 18.6 Å². The minimum atomic E-state index is -1.07. The highest BCUT2D eigenvalue weighted by atomic mass is 16.4. The number of likely N-dealkylation sites (N-methyl/N-ethyl adjacent to an activating group) is 1. The number of hydrogen-bond donors (Lipinski definition) is 3. The Morgan fingerprint density at radius 3 is 2.63 bits per heavy atom. The monoisotopic (exact) mass is 264 g/mol. The van der Waals surface area contributed by atoms with E-state index in [9.17, 15) is 14.7 Å². The van der Waals surface area contributed by atoms with Crippen molar-refractivity contribution < 1.29 is 19.8 Å². The van der Waals surface area contributed by atoms with Crippen LogP contribution in [-0.2, 0) is 4.79 Å². The van der Waals surface area contributed by atoms with E-state index in [0.717, 1.165) is 0 Å². The van der Waals surface area contributed by atoms with Gasteiger partial charge in [0.05, 0.1) is 23.4 Å². The van der Waals surface area contributed by atoms with Gasteiger partial charge in [-0.2, -0.15) is 0 Å². The minimum absolute atomic E-state index is 0.0805. The summed E-state index contributed by atoms with van der Waals surface area (Å²) in [5.41, 5.74) is 0.431. The Morgan fingerprint density at radius 2 is 2.05 bits per heavy atom. The van der Waals surface area contributed by atoms with E-state index >= 15 is 0 Å². The van der Waals surface area contributed by atoms with E-state index in [1.807, 2.05) is 0 Å². The number of nitrogens with zero attached hydrogens (tertiary/aromatic N) is 1. The molecule has 0 bridgehead atoms. The molecular weight excluding hydrogens is 248 g/mol. The summed E-state index contributed by atoms with van der Waals surface area (Å²) in [6.07, 6.45) is -0.185. The second kappa shape index (κ2) is 5.38. The van der Waals surface area contributed by atoms with E-state index in [1.165, 1.54) is 18.0 Å². The van der Waals surface area contributed by atoms with Gasteiger partial charge in [0.25, 0.3) is 0 Å². The van der Waals surface area contributed by atoms with Gasteiger partial charge in [-0.05, 0) is 18.6 Å². The van der Waals surface area contributed by atoms with Gasteiger partial charge >= 0.3 is 5.97 Å². The molecule has 0 aromatic heterocycles. The zero-order valence-electron chi connectivity index (χ0n) is 10.5. The van der Waals surface area contributed by atoms with Gasteiger partial charge < -0.3 is 20.4 Å². The lowest BCUT2D eigenvalue weighted by atomic mass is 10.1. The number of amides is 1. The number of anilines is 1. The predicted molar refractivity (Wildman–Crippen MR) is 69.2 cm³/mol. The molecule has 2 rings (SSSR count). The van der Waals surface area contributed by atoms with E-state index in [2.05, 4.69) is 5.32 Å². The van der Waals surface area contributed by atoms with Crippen molar-refractivity contribution >= 4 is 17.6 Å². The van der Waals surface area contributed by atoms with Crippen molar-refractivity contribution in [2.75, 3.05) is 18.5 Å². The number of nitrogens with one attached hydrogen (secondary N) is 1. The number of rotatable bonds is 3. The zero-order chi connectivity index (χ0) is 14.0. The first-order valence-corrected chi connectivity index (χ1v) is 6.02. The minimum Gasteiger partial charge on any atom is -0.478 e. The third kappa shape index (κ3) is 2.74. The van der Waals surface area contributed by atoms with Crippen LogP contribution >= 0.6 is 0 Å². The van der Waals surface area contributed by atoms with Gasteiger partial charge in [-0.1, -0.05) is 12.1 Å². The maximum atomic E-state index is 12.2. The van der Waals surface area contributed by atoms with Crippen LogP contribution in [-0.4, -0.2) is 47.8 Å². The van der Waals surface area contributed by atoms with Crippen LogP contribution in [0.3, 0.4) is 0 Å². The van der Waals surface area contributed by atoms with Crippen molar-refractivity contribution in [2.24, 2.45) is 0 Å². The topological polar surface area (TPSA) is 89.9 Å². The fourth-order valence-electron chi connectivity index (χ4n) is 2.20. The molecule has 2 atom stereocenters. The van der Waals surface area contributed by atoms with Crippen molar-refractivity contribution in [3.05, 3.63) is 29.8 Å². The first kappa shape index (κ1) is 13.5. The number of carboxylic acid groups (broad SMARTS) is 1. The van der Waals surface area contributed by atoms with Gasteiger partial charge in [-0.25, -0.2) is 4.79 Å². The molecule has 0 radical (unpaired) electrons. The summed E-state index contributed by atoms with van der Waals surface area (Å²) in [5.74, 6) is -1.32. The number of carbonyl (C=O) groups is 2. The lowest BCUT2D eigenvalue weighted by Crippen LogP contribution is -2.42. The van der Waals surface area contributed by atoms with E-state index < -0.39 is 18.1 Å². The lowest BCUT2D eigenvalue weighted by Gasteiger charge is -2.22. The van der Waals surface area contributed by atoms with Crippen LogP contribution in [0.1, 0.15) is 16.8 Å². The highest BCUT2D eigenvalue weighted by Gasteiger charge is 2.31. The number of para-hydroxylation sites is 1.